The van der Waals surface area contributed by atoms with E-state index in [0.717, 1.165) is 5.56 Å². The van der Waals surface area contributed by atoms with Crippen LogP contribution >= 0.6 is 11.3 Å². The molecule has 0 N–H and O–H groups in total. The summed E-state index contributed by atoms with van der Waals surface area (Å²) in [6.45, 7) is 5.81. The van der Waals surface area contributed by atoms with Crippen LogP contribution in [0.4, 0.5) is 0 Å². The Morgan fingerprint density at radius 3 is 3.04 bits per heavy atom. The minimum absolute atomic E-state index is 0.00560. The van der Waals surface area contributed by atoms with Gasteiger partial charge in [0.1, 0.15) is 0 Å². The van der Waals surface area contributed by atoms with Gasteiger partial charge in [-0.25, -0.2) is 0 Å². The number of methoxy groups -OCH3 is 1. The molecule has 3 heterocycles. The van der Waals surface area contributed by atoms with Gasteiger partial charge in [0, 0.05) is 25.1 Å². The Balaban J connectivity index is 1.72. The first-order valence-electron chi connectivity index (χ1n) is 7.89. The molecule has 1 fully saturated rings. The molecule has 1 amide bonds. The molecule has 0 saturated carbocycles. The second-order valence-corrected chi connectivity index (χ2v) is 6.87. The highest BCUT2D eigenvalue weighted by atomic mass is 32.1. The average Bonchev–Trinajstić information content (AvgIpc) is 3.24. The standard InChI is InChI=1S/C16H21N3O4S/c1-10(2)14-17-18-15(23-14)12-8-19(5-6-22-12)16(20)13-11(9-21-3)4-7-24-13/h4,7,10,12H,5-6,8-9H2,1-3H3/t12-/m0/s1. The van der Waals surface area contributed by atoms with Gasteiger partial charge in [0.15, 0.2) is 6.10 Å². The normalized spacial score (nSPS) is 18.3. The fraction of sp³-hybridized carbons (Fsp3) is 0.562. The Morgan fingerprint density at radius 1 is 1.50 bits per heavy atom. The van der Waals surface area contributed by atoms with Crippen molar-refractivity contribution in [2.45, 2.75) is 32.5 Å². The molecule has 0 unspecified atom stereocenters. The Morgan fingerprint density at radius 2 is 2.33 bits per heavy atom. The predicted octanol–water partition coefficient (Wildman–Crippen LogP) is 2.61. The third-order valence-corrected chi connectivity index (χ3v) is 4.76. The first-order chi connectivity index (χ1) is 11.6. The maximum Gasteiger partial charge on any atom is 0.264 e. The number of morpholine rings is 1. The number of carbonyl (C=O) groups excluding carboxylic acids is 1. The number of aromatic nitrogens is 2. The third-order valence-electron chi connectivity index (χ3n) is 3.82. The maximum atomic E-state index is 12.8. The summed E-state index contributed by atoms with van der Waals surface area (Å²) >= 11 is 1.43. The SMILES string of the molecule is COCc1ccsc1C(=O)N1CCO[C@H](c2nnc(C(C)C)o2)C1. The largest absolute Gasteiger partial charge is 0.422 e. The monoisotopic (exact) mass is 351 g/mol. The zero-order chi connectivity index (χ0) is 17.1. The van der Waals surface area contributed by atoms with Crippen molar-refractivity contribution >= 4 is 17.2 Å². The van der Waals surface area contributed by atoms with Gasteiger partial charge in [-0.15, -0.1) is 21.5 Å². The van der Waals surface area contributed by atoms with E-state index in [4.69, 9.17) is 13.9 Å². The topological polar surface area (TPSA) is 77.7 Å². The Bertz CT molecular complexity index is 697. The van der Waals surface area contributed by atoms with Crippen molar-refractivity contribution in [3.05, 3.63) is 33.7 Å². The van der Waals surface area contributed by atoms with Crippen LogP contribution in [0.15, 0.2) is 15.9 Å². The van der Waals surface area contributed by atoms with Crippen molar-refractivity contribution in [2.24, 2.45) is 0 Å². The Kier molecular flexibility index (Phi) is 5.27. The average molecular weight is 351 g/mol. The quantitative estimate of drug-likeness (QED) is 0.824. The van der Waals surface area contributed by atoms with Crippen molar-refractivity contribution in [1.29, 1.82) is 0 Å². The van der Waals surface area contributed by atoms with E-state index in [2.05, 4.69) is 10.2 Å². The van der Waals surface area contributed by atoms with Crippen LogP contribution in [0.2, 0.25) is 0 Å². The molecule has 8 heteroatoms. The molecule has 1 aliphatic rings. The molecule has 1 aliphatic heterocycles. The number of nitrogens with zero attached hydrogens (tertiary/aromatic N) is 3. The van der Waals surface area contributed by atoms with Crippen molar-refractivity contribution < 1.29 is 18.7 Å². The molecule has 1 saturated heterocycles. The Hall–Kier alpha value is -1.77. The lowest BCUT2D eigenvalue weighted by atomic mass is 10.2. The van der Waals surface area contributed by atoms with Gasteiger partial charge in [0.05, 0.1) is 24.6 Å². The number of thiophene rings is 1. The van der Waals surface area contributed by atoms with Gasteiger partial charge >= 0.3 is 0 Å². The van der Waals surface area contributed by atoms with Gasteiger partial charge in [-0.3, -0.25) is 4.79 Å². The van der Waals surface area contributed by atoms with Gasteiger partial charge in [-0.05, 0) is 11.4 Å². The van der Waals surface area contributed by atoms with Crippen LogP contribution in [0.3, 0.4) is 0 Å². The predicted molar refractivity (Wildman–Crippen MR) is 88.0 cm³/mol. The van der Waals surface area contributed by atoms with Crippen LogP contribution in [0.5, 0.6) is 0 Å². The van der Waals surface area contributed by atoms with Crippen LogP contribution in [0, 0.1) is 0 Å². The van der Waals surface area contributed by atoms with Gasteiger partial charge < -0.3 is 18.8 Å². The second kappa shape index (κ2) is 7.42. The van der Waals surface area contributed by atoms with E-state index in [-0.39, 0.29) is 17.9 Å². The molecule has 24 heavy (non-hydrogen) atoms. The molecule has 1 atom stereocenters. The first-order valence-corrected chi connectivity index (χ1v) is 8.77. The fourth-order valence-electron chi connectivity index (χ4n) is 2.53. The molecule has 0 spiro atoms. The van der Waals surface area contributed by atoms with Crippen LogP contribution in [-0.2, 0) is 16.1 Å². The summed E-state index contributed by atoms with van der Waals surface area (Å²) in [5, 5.41) is 10.0. The van der Waals surface area contributed by atoms with Crippen LogP contribution in [0.1, 0.15) is 52.9 Å². The van der Waals surface area contributed by atoms with Crippen LogP contribution in [0.25, 0.3) is 0 Å². The van der Waals surface area contributed by atoms with Gasteiger partial charge in [0.25, 0.3) is 5.91 Å². The molecule has 0 aromatic carbocycles. The lowest BCUT2D eigenvalue weighted by Gasteiger charge is -2.31. The van der Waals surface area contributed by atoms with E-state index >= 15 is 0 Å². The lowest BCUT2D eigenvalue weighted by molar-refractivity contribution is -0.0350. The molecular weight excluding hydrogens is 330 g/mol. The number of rotatable bonds is 5. The van der Waals surface area contributed by atoms with Crippen molar-refractivity contribution in [2.75, 3.05) is 26.8 Å². The molecule has 2 aromatic rings. The number of ether oxygens (including phenoxy) is 2. The van der Waals surface area contributed by atoms with E-state index in [0.29, 0.717) is 43.0 Å². The highest BCUT2D eigenvalue weighted by Crippen LogP contribution is 2.26. The van der Waals surface area contributed by atoms with E-state index < -0.39 is 0 Å². The summed E-state index contributed by atoms with van der Waals surface area (Å²) in [7, 11) is 1.62. The number of carbonyl (C=O) groups is 1. The van der Waals surface area contributed by atoms with Gasteiger partial charge in [0.2, 0.25) is 11.8 Å². The minimum atomic E-state index is -0.381. The smallest absolute Gasteiger partial charge is 0.264 e. The highest BCUT2D eigenvalue weighted by molar-refractivity contribution is 7.12. The fourth-order valence-corrected chi connectivity index (χ4v) is 3.41. The molecule has 0 aliphatic carbocycles. The van der Waals surface area contributed by atoms with Crippen molar-refractivity contribution in [1.82, 2.24) is 15.1 Å². The minimum Gasteiger partial charge on any atom is -0.422 e. The molecule has 2 aromatic heterocycles. The highest BCUT2D eigenvalue weighted by Gasteiger charge is 2.31. The van der Waals surface area contributed by atoms with Gasteiger partial charge in [-0.1, -0.05) is 13.8 Å². The lowest BCUT2D eigenvalue weighted by Crippen LogP contribution is -2.42. The zero-order valence-electron chi connectivity index (χ0n) is 14.0. The summed E-state index contributed by atoms with van der Waals surface area (Å²) in [5.41, 5.74) is 0.912. The van der Waals surface area contributed by atoms with Gasteiger partial charge in [-0.2, -0.15) is 0 Å². The summed E-state index contributed by atoms with van der Waals surface area (Å²) in [6, 6.07) is 1.92. The molecule has 3 rings (SSSR count). The molecule has 130 valence electrons. The molecule has 0 radical (unpaired) electrons. The number of amides is 1. The van der Waals surface area contributed by atoms with Crippen molar-refractivity contribution in [3.8, 4) is 0 Å². The van der Waals surface area contributed by atoms with E-state index in [1.807, 2.05) is 25.3 Å². The van der Waals surface area contributed by atoms with E-state index in [9.17, 15) is 4.79 Å². The number of hydrogen-bond donors (Lipinski definition) is 0. The molecule has 7 nitrogen and oxygen atoms in total. The second-order valence-electron chi connectivity index (χ2n) is 5.95. The first kappa shape index (κ1) is 17.1. The zero-order valence-corrected chi connectivity index (χ0v) is 14.8. The maximum absolute atomic E-state index is 12.8. The van der Waals surface area contributed by atoms with Crippen LogP contribution < -0.4 is 0 Å². The summed E-state index contributed by atoms with van der Waals surface area (Å²) < 4.78 is 16.5. The summed E-state index contributed by atoms with van der Waals surface area (Å²) in [5.74, 6) is 1.17. The van der Waals surface area contributed by atoms with E-state index in [1.54, 1.807) is 12.0 Å². The summed E-state index contributed by atoms with van der Waals surface area (Å²) in [6.07, 6.45) is -0.381. The third kappa shape index (κ3) is 3.50. The summed E-state index contributed by atoms with van der Waals surface area (Å²) in [4.78, 5) is 15.3. The molecule has 0 bridgehead atoms. The van der Waals surface area contributed by atoms with E-state index in [1.165, 1.54) is 11.3 Å². The number of hydrogen-bond acceptors (Lipinski definition) is 7. The Labute approximate surface area is 144 Å². The van der Waals surface area contributed by atoms with Crippen molar-refractivity contribution in [3.63, 3.8) is 0 Å². The molecular formula is C16H21N3O4S. The van der Waals surface area contributed by atoms with Crippen LogP contribution in [-0.4, -0.2) is 47.8 Å².